The fraction of sp³-hybridized carbons (Fsp3) is 0.462. The van der Waals surface area contributed by atoms with Gasteiger partial charge in [0.15, 0.2) is 0 Å². The highest BCUT2D eigenvalue weighted by molar-refractivity contribution is 5.93. The largest absolute Gasteiger partial charge is 0.480 e. The van der Waals surface area contributed by atoms with E-state index in [1.165, 1.54) is 13.2 Å². The Morgan fingerprint density at radius 2 is 2.05 bits per heavy atom. The fourth-order valence-electron chi connectivity index (χ4n) is 1.69. The molecule has 0 unspecified atom stereocenters. The van der Waals surface area contributed by atoms with Crippen LogP contribution >= 0.6 is 0 Å². The van der Waals surface area contributed by atoms with E-state index in [1.54, 1.807) is 17.0 Å². The zero-order valence-electron chi connectivity index (χ0n) is 11.6. The van der Waals surface area contributed by atoms with Gasteiger partial charge in [0.05, 0.1) is 0 Å². The van der Waals surface area contributed by atoms with Gasteiger partial charge in [-0.3, -0.25) is 14.6 Å². The maximum atomic E-state index is 11.6. The quantitative estimate of drug-likeness (QED) is 0.852. The molecule has 104 valence electrons. The van der Waals surface area contributed by atoms with Crippen LogP contribution in [-0.4, -0.2) is 41.1 Å². The van der Waals surface area contributed by atoms with E-state index in [1.807, 2.05) is 20.8 Å². The second-order valence-corrected chi connectivity index (χ2v) is 5.13. The average molecular weight is 265 g/mol. The maximum Gasteiger partial charge on any atom is 0.323 e. The molecular weight excluding hydrogens is 246 g/mol. The van der Waals surface area contributed by atoms with Gasteiger partial charge in [-0.05, 0) is 32.9 Å². The maximum absolute atomic E-state index is 11.6. The van der Waals surface area contributed by atoms with Crippen LogP contribution in [0.5, 0.6) is 0 Å². The molecule has 0 saturated heterocycles. The lowest BCUT2D eigenvalue weighted by atomic mass is 10.0. The lowest BCUT2D eigenvalue weighted by Gasteiger charge is -2.36. The van der Waals surface area contributed by atoms with Crippen LogP contribution in [0.3, 0.4) is 0 Å². The first kappa shape index (κ1) is 14.9. The Balaban J connectivity index is 3.16. The van der Waals surface area contributed by atoms with Gasteiger partial charge in [-0.2, -0.15) is 0 Å². The van der Waals surface area contributed by atoms with E-state index < -0.39 is 5.97 Å². The molecule has 0 bridgehead atoms. The molecule has 6 nitrogen and oxygen atoms in total. The normalized spacial score (nSPS) is 10.9. The minimum Gasteiger partial charge on any atom is -0.480 e. The average Bonchev–Trinajstić information content (AvgIpc) is 2.33. The Hall–Kier alpha value is -2.11. The second kappa shape index (κ2) is 5.69. The van der Waals surface area contributed by atoms with Crippen LogP contribution in [-0.2, 0) is 4.79 Å². The van der Waals surface area contributed by atoms with Crippen LogP contribution in [0.1, 0.15) is 31.3 Å². The number of carbonyl (C=O) groups excluding carboxylic acids is 1. The highest BCUT2D eigenvalue weighted by Gasteiger charge is 2.24. The van der Waals surface area contributed by atoms with Gasteiger partial charge in [0.25, 0.3) is 5.91 Å². The van der Waals surface area contributed by atoms with Crippen LogP contribution in [0.2, 0.25) is 0 Å². The number of aromatic nitrogens is 1. The van der Waals surface area contributed by atoms with Crippen molar-refractivity contribution in [2.24, 2.45) is 0 Å². The van der Waals surface area contributed by atoms with Crippen LogP contribution in [0.15, 0.2) is 18.3 Å². The molecule has 0 atom stereocenters. The van der Waals surface area contributed by atoms with Gasteiger partial charge in [0.2, 0.25) is 0 Å². The smallest absolute Gasteiger partial charge is 0.323 e. The predicted molar refractivity (Wildman–Crippen MR) is 72.4 cm³/mol. The Labute approximate surface area is 112 Å². The minimum atomic E-state index is -0.923. The van der Waals surface area contributed by atoms with E-state index in [0.717, 1.165) is 0 Å². The van der Waals surface area contributed by atoms with Crippen molar-refractivity contribution < 1.29 is 14.7 Å². The molecule has 1 aromatic rings. The first-order chi connectivity index (χ1) is 8.75. The summed E-state index contributed by atoms with van der Waals surface area (Å²) in [6.45, 7) is 5.60. The molecule has 0 aromatic carbocycles. The van der Waals surface area contributed by atoms with Crippen LogP contribution in [0, 0.1) is 0 Å². The van der Waals surface area contributed by atoms with Crippen molar-refractivity contribution >= 4 is 17.6 Å². The zero-order chi connectivity index (χ0) is 14.6. The molecule has 1 aromatic heterocycles. The number of nitrogens with zero attached hydrogens (tertiary/aromatic N) is 2. The number of anilines is 1. The zero-order valence-corrected chi connectivity index (χ0v) is 11.6. The van der Waals surface area contributed by atoms with Gasteiger partial charge in [-0.1, -0.05) is 0 Å². The summed E-state index contributed by atoms with van der Waals surface area (Å²) in [7, 11) is 1.52. The number of hydrogen-bond acceptors (Lipinski definition) is 4. The summed E-state index contributed by atoms with van der Waals surface area (Å²) in [4.78, 5) is 28.2. The molecule has 6 heteroatoms. The van der Waals surface area contributed by atoms with Crippen LogP contribution in [0.4, 0.5) is 5.69 Å². The standard InChI is InChI=1S/C13H19N3O3/c1-13(2,3)16(8-11(17)18)9-5-6-15-10(7-9)12(19)14-4/h5-7H,8H2,1-4H3,(H,14,19)(H,17,18). The topological polar surface area (TPSA) is 82.5 Å². The number of carbonyl (C=O) groups is 2. The molecule has 0 fully saturated rings. The van der Waals surface area contributed by atoms with E-state index in [-0.39, 0.29) is 23.7 Å². The molecular formula is C13H19N3O3. The molecule has 2 N–H and O–H groups in total. The first-order valence-electron chi connectivity index (χ1n) is 5.93. The third kappa shape index (κ3) is 3.94. The fourth-order valence-corrected chi connectivity index (χ4v) is 1.69. The number of hydrogen-bond donors (Lipinski definition) is 2. The monoisotopic (exact) mass is 265 g/mol. The van der Waals surface area contributed by atoms with Crippen molar-refractivity contribution in [1.29, 1.82) is 0 Å². The minimum absolute atomic E-state index is 0.138. The van der Waals surface area contributed by atoms with Crippen LogP contribution in [0.25, 0.3) is 0 Å². The van der Waals surface area contributed by atoms with E-state index in [2.05, 4.69) is 10.3 Å². The van der Waals surface area contributed by atoms with Gasteiger partial charge < -0.3 is 15.3 Å². The molecule has 1 rings (SSSR count). The number of rotatable bonds is 4. The first-order valence-corrected chi connectivity index (χ1v) is 5.93. The second-order valence-electron chi connectivity index (χ2n) is 5.13. The Bertz CT molecular complexity index is 480. The highest BCUT2D eigenvalue weighted by atomic mass is 16.4. The van der Waals surface area contributed by atoms with E-state index in [9.17, 15) is 9.59 Å². The summed E-state index contributed by atoms with van der Waals surface area (Å²) in [5, 5.41) is 11.5. The Morgan fingerprint density at radius 1 is 1.42 bits per heavy atom. The summed E-state index contributed by atoms with van der Waals surface area (Å²) in [5.41, 5.74) is 0.544. The molecule has 19 heavy (non-hydrogen) atoms. The van der Waals surface area contributed by atoms with Crippen molar-refractivity contribution in [3.63, 3.8) is 0 Å². The molecule has 0 saturated carbocycles. The third-order valence-electron chi connectivity index (χ3n) is 2.62. The van der Waals surface area contributed by atoms with Crippen molar-refractivity contribution in [2.75, 3.05) is 18.5 Å². The number of amides is 1. The number of carboxylic acid groups (broad SMARTS) is 1. The molecule has 0 radical (unpaired) electrons. The molecule has 0 aliphatic rings. The number of nitrogens with one attached hydrogen (secondary N) is 1. The van der Waals surface area contributed by atoms with Crippen LogP contribution < -0.4 is 10.2 Å². The van der Waals surface area contributed by atoms with Gasteiger partial charge in [-0.25, -0.2) is 0 Å². The predicted octanol–water partition coefficient (Wildman–Crippen LogP) is 1.13. The van der Waals surface area contributed by atoms with Gasteiger partial charge >= 0.3 is 5.97 Å². The molecule has 1 amide bonds. The summed E-state index contributed by atoms with van der Waals surface area (Å²) in [6, 6.07) is 3.29. The summed E-state index contributed by atoms with van der Waals surface area (Å²) in [6.07, 6.45) is 1.50. The summed E-state index contributed by atoms with van der Waals surface area (Å²) < 4.78 is 0. The van der Waals surface area contributed by atoms with Gasteiger partial charge in [-0.15, -0.1) is 0 Å². The van der Waals surface area contributed by atoms with E-state index in [0.29, 0.717) is 5.69 Å². The lowest BCUT2D eigenvalue weighted by Crippen LogP contribution is -2.44. The Morgan fingerprint density at radius 3 is 2.53 bits per heavy atom. The summed E-state index contributed by atoms with van der Waals surface area (Å²) in [5.74, 6) is -1.22. The molecule has 0 aliphatic carbocycles. The van der Waals surface area contributed by atoms with Crippen molar-refractivity contribution in [1.82, 2.24) is 10.3 Å². The van der Waals surface area contributed by atoms with Gasteiger partial charge in [0.1, 0.15) is 12.2 Å². The number of pyridine rings is 1. The molecule has 0 spiro atoms. The SMILES string of the molecule is CNC(=O)c1cc(N(CC(=O)O)C(C)(C)C)ccn1. The van der Waals surface area contributed by atoms with Gasteiger partial charge in [0, 0.05) is 24.5 Å². The van der Waals surface area contributed by atoms with E-state index in [4.69, 9.17) is 5.11 Å². The summed E-state index contributed by atoms with van der Waals surface area (Å²) >= 11 is 0. The number of aliphatic carboxylic acids is 1. The molecule has 0 aliphatic heterocycles. The highest BCUT2D eigenvalue weighted by Crippen LogP contribution is 2.23. The van der Waals surface area contributed by atoms with Crippen molar-refractivity contribution in [3.8, 4) is 0 Å². The Kier molecular flexibility index (Phi) is 4.47. The third-order valence-corrected chi connectivity index (χ3v) is 2.62. The lowest BCUT2D eigenvalue weighted by molar-refractivity contribution is -0.135. The molecule has 1 heterocycles. The number of carboxylic acids is 1. The van der Waals surface area contributed by atoms with E-state index >= 15 is 0 Å². The van der Waals surface area contributed by atoms with Crippen molar-refractivity contribution in [3.05, 3.63) is 24.0 Å². The van der Waals surface area contributed by atoms with Crippen molar-refractivity contribution in [2.45, 2.75) is 26.3 Å².